The number of hydrogen-bond donors (Lipinski definition) is 1. The molecule has 0 unspecified atom stereocenters. The van der Waals surface area contributed by atoms with E-state index in [2.05, 4.69) is 27.0 Å². The van der Waals surface area contributed by atoms with Gasteiger partial charge in [-0.2, -0.15) is 0 Å². The summed E-state index contributed by atoms with van der Waals surface area (Å²) in [6.45, 7) is 3.29. The third-order valence-corrected chi connectivity index (χ3v) is 5.94. The zero-order valence-corrected chi connectivity index (χ0v) is 18.4. The fourth-order valence-electron chi connectivity index (χ4n) is 4.25. The highest BCUT2D eigenvalue weighted by Crippen LogP contribution is 2.19. The van der Waals surface area contributed by atoms with Gasteiger partial charge in [-0.15, -0.1) is 0 Å². The van der Waals surface area contributed by atoms with Crippen LogP contribution in [0.5, 0.6) is 0 Å². The van der Waals surface area contributed by atoms with Crippen LogP contribution in [0.3, 0.4) is 0 Å². The first kappa shape index (κ1) is 20.7. The number of nitrogens with one attached hydrogen (secondary N) is 1. The number of aromatic nitrogens is 3. The maximum Gasteiger partial charge on any atom is 0.240 e. The van der Waals surface area contributed by atoms with Crippen LogP contribution in [0.25, 0.3) is 21.8 Å². The van der Waals surface area contributed by atoms with Gasteiger partial charge in [-0.05, 0) is 42.3 Å². The van der Waals surface area contributed by atoms with Crippen molar-refractivity contribution in [2.24, 2.45) is 0 Å². The molecule has 0 radical (unpaired) electrons. The largest absolute Gasteiger partial charge is 0.350 e. The van der Waals surface area contributed by atoms with Crippen LogP contribution in [-0.2, 0) is 24.4 Å². The summed E-state index contributed by atoms with van der Waals surface area (Å²) < 4.78 is 4.00. The molecule has 6 heteroatoms. The van der Waals surface area contributed by atoms with Gasteiger partial charge in [0.15, 0.2) is 5.43 Å². The second-order valence-corrected chi connectivity index (χ2v) is 8.15. The van der Waals surface area contributed by atoms with Gasteiger partial charge in [0.1, 0.15) is 12.4 Å². The summed E-state index contributed by atoms with van der Waals surface area (Å²) >= 11 is 0. The summed E-state index contributed by atoms with van der Waals surface area (Å²) in [6, 6.07) is 23.1. The predicted molar refractivity (Wildman–Crippen MR) is 130 cm³/mol. The Morgan fingerprint density at radius 1 is 0.909 bits per heavy atom. The summed E-state index contributed by atoms with van der Waals surface area (Å²) in [6.07, 6.45) is 3.76. The molecule has 1 amide bonds. The molecule has 2 aromatic heterocycles. The van der Waals surface area contributed by atoms with E-state index in [1.807, 2.05) is 78.4 Å². The Labute approximate surface area is 191 Å². The first-order chi connectivity index (χ1) is 16.1. The van der Waals surface area contributed by atoms with Crippen LogP contribution >= 0.6 is 0 Å². The van der Waals surface area contributed by atoms with Crippen molar-refractivity contribution in [3.05, 3.63) is 112 Å². The highest BCUT2D eigenvalue weighted by molar-refractivity contribution is 5.94. The van der Waals surface area contributed by atoms with Gasteiger partial charge in [0.25, 0.3) is 0 Å². The molecule has 1 N–H and O–H groups in total. The van der Waals surface area contributed by atoms with E-state index in [-0.39, 0.29) is 17.9 Å². The first-order valence-electron chi connectivity index (χ1n) is 10.9. The molecule has 0 saturated heterocycles. The Hall–Kier alpha value is -4.19. The number of aryl methyl sites for hydroxylation is 1. The lowest BCUT2D eigenvalue weighted by atomic mass is 10.1. The van der Waals surface area contributed by atoms with Gasteiger partial charge in [-0.1, -0.05) is 48.5 Å². The van der Waals surface area contributed by atoms with Crippen molar-refractivity contribution >= 4 is 27.7 Å². The van der Waals surface area contributed by atoms with E-state index in [0.717, 1.165) is 34.5 Å². The van der Waals surface area contributed by atoms with Crippen molar-refractivity contribution in [2.45, 2.75) is 26.6 Å². The Kier molecular flexibility index (Phi) is 5.48. The van der Waals surface area contributed by atoms with Crippen LogP contribution in [0.1, 0.15) is 17.0 Å². The molecule has 2 heterocycles. The standard InChI is InChI=1S/C27H24N4O2/c1-19-28-13-14-30(19)17-21-8-6-7-20(15-21)16-29-26(32)18-31-24-11-4-2-9-22(24)27(33)23-10-3-5-12-25(23)31/h2-15H,16-18H2,1H3,(H,29,32). The number of para-hydroxylation sites is 2. The molecule has 0 saturated carbocycles. The molecule has 3 aromatic carbocycles. The maximum atomic E-state index is 12.9. The summed E-state index contributed by atoms with van der Waals surface area (Å²) in [4.78, 5) is 30.1. The second kappa shape index (κ2) is 8.74. The molecule has 0 atom stereocenters. The van der Waals surface area contributed by atoms with Crippen molar-refractivity contribution in [3.63, 3.8) is 0 Å². The van der Waals surface area contributed by atoms with Crippen molar-refractivity contribution in [2.75, 3.05) is 0 Å². The van der Waals surface area contributed by atoms with Gasteiger partial charge in [-0.3, -0.25) is 9.59 Å². The molecular formula is C27H24N4O2. The van der Waals surface area contributed by atoms with Crippen LogP contribution in [0, 0.1) is 6.92 Å². The fourth-order valence-corrected chi connectivity index (χ4v) is 4.25. The molecule has 164 valence electrons. The quantitative estimate of drug-likeness (QED) is 0.409. The Morgan fingerprint density at radius 3 is 2.24 bits per heavy atom. The molecule has 5 aromatic rings. The second-order valence-electron chi connectivity index (χ2n) is 8.15. The van der Waals surface area contributed by atoms with E-state index >= 15 is 0 Å². The number of fused-ring (bicyclic) bond motifs is 2. The number of hydrogen-bond acceptors (Lipinski definition) is 3. The van der Waals surface area contributed by atoms with Crippen molar-refractivity contribution in [1.29, 1.82) is 0 Å². The van der Waals surface area contributed by atoms with Crippen molar-refractivity contribution in [3.8, 4) is 0 Å². The lowest BCUT2D eigenvalue weighted by Crippen LogP contribution is -2.28. The molecule has 5 rings (SSSR count). The Balaban J connectivity index is 1.36. The number of imidazole rings is 1. The Bertz CT molecular complexity index is 1470. The molecule has 0 bridgehead atoms. The monoisotopic (exact) mass is 436 g/mol. The van der Waals surface area contributed by atoms with E-state index in [0.29, 0.717) is 17.3 Å². The minimum Gasteiger partial charge on any atom is -0.350 e. The van der Waals surface area contributed by atoms with Crippen LogP contribution in [0.2, 0.25) is 0 Å². The third-order valence-electron chi connectivity index (χ3n) is 5.94. The lowest BCUT2D eigenvalue weighted by molar-refractivity contribution is -0.121. The normalized spacial score (nSPS) is 11.2. The minimum absolute atomic E-state index is 0.0113. The van der Waals surface area contributed by atoms with Gasteiger partial charge >= 0.3 is 0 Å². The van der Waals surface area contributed by atoms with Crippen LogP contribution in [-0.4, -0.2) is 20.0 Å². The summed E-state index contributed by atoms with van der Waals surface area (Å²) in [5, 5.41) is 4.27. The van der Waals surface area contributed by atoms with Gasteiger partial charge in [-0.25, -0.2) is 4.98 Å². The third kappa shape index (κ3) is 4.15. The number of benzene rings is 3. The molecule has 0 aliphatic heterocycles. The number of amides is 1. The van der Waals surface area contributed by atoms with Gasteiger partial charge in [0, 0.05) is 36.3 Å². The maximum absolute atomic E-state index is 12.9. The molecule has 33 heavy (non-hydrogen) atoms. The van der Waals surface area contributed by atoms with E-state index < -0.39 is 0 Å². The van der Waals surface area contributed by atoms with Crippen LogP contribution in [0.4, 0.5) is 0 Å². The minimum atomic E-state index is -0.107. The molecule has 0 spiro atoms. The SMILES string of the molecule is Cc1nccn1Cc1cccc(CNC(=O)Cn2c3ccccc3c(=O)c3ccccc32)c1. The first-order valence-corrected chi connectivity index (χ1v) is 10.9. The van der Waals surface area contributed by atoms with Gasteiger partial charge in [0.2, 0.25) is 5.91 Å². The summed E-state index contributed by atoms with van der Waals surface area (Å²) in [5.74, 6) is 0.860. The summed E-state index contributed by atoms with van der Waals surface area (Å²) in [5.41, 5.74) is 3.69. The number of nitrogens with zero attached hydrogens (tertiary/aromatic N) is 3. The van der Waals surface area contributed by atoms with Crippen molar-refractivity contribution in [1.82, 2.24) is 19.4 Å². The highest BCUT2D eigenvalue weighted by atomic mass is 16.2. The highest BCUT2D eigenvalue weighted by Gasteiger charge is 2.13. The Morgan fingerprint density at radius 2 is 1.58 bits per heavy atom. The predicted octanol–water partition coefficient (Wildman–Crippen LogP) is 4.02. The molecule has 0 fully saturated rings. The van der Waals surface area contributed by atoms with Gasteiger partial charge in [0.05, 0.1) is 11.0 Å². The fraction of sp³-hybridized carbons (Fsp3) is 0.148. The topological polar surface area (TPSA) is 68.9 Å². The van der Waals surface area contributed by atoms with E-state index in [1.165, 1.54) is 0 Å². The molecular weight excluding hydrogens is 412 g/mol. The van der Waals surface area contributed by atoms with E-state index in [1.54, 1.807) is 6.20 Å². The molecule has 0 aliphatic rings. The van der Waals surface area contributed by atoms with Crippen LogP contribution in [0.15, 0.2) is 90.0 Å². The zero-order valence-electron chi connectivity index (χ0n) is 18.4. The van der Waals surface area contributed by atoms with Gasteiger partial charge < -0.3 is 14.5 Å². The van der Waals surface area contributed by atoms with E-state index in [4.69, 9.17) is 0 Å². The number of rotatable bonds is 6. The van der Waals surface area contributed by atoms with Crippen molar-refractivity contribution < 1.29 is 4.79 Å². The number of pyridine rings is 1. The average molecular weight is 437 g/mol. The number of carbonyl (C=O) groups is 1. The average Bonchev–Trinajstić information content (AvgIpc) is 3.25. The summed E-state index contributed by atoms with van der Waals surface area (Å²) in [7, 11) is 0. The smallest absolute Gasteiger partial charge is 0.240 e. The van der Waals surface area contributed by atoms with E-state index in [9.17, 15) is 9.59 Å². The van der Waals surface area contributed by atoms with Crippen LogP contribution < -0.4 is 10.7 Å². The zero-order chi connectivity index (χ0) is 22.8. The molecule has 0 aliphatic carbocycles. The number of carbonyl (C=O) groups excluding carboxylic acids is 1. The lowest BCUT2D eigenvalue weighted by Gasteiger charge is -2.15. The molecule has 6 nitrogen and oxygen atoms in total.